The van der Waals surface area contributed by atoms with Crippen LogP contribution < -0.4 is 0 Å². The highest BCUT2D eigenvalue weighted by atomic mass is 32.2. The van der Waals surface area contributed by atoms with Crippen LogP contribution in [0.25, 0.3) is 11.1 Å². The first kappa shape index (κ1) is 15.6. The first-order valence-electron chi connectivity index (χ1n) is 6.63. The molecule has 1 aliphatic carbocycles. The molecule has 0 spiro atoms. The van der Waals surface area contributed by atoms with Crippen molar-refractivity contribution in [2.75, 3.05) is 0 Å². The van der Waals surface area contributed by atoms with Crippen LogP contribution in [0.3, 0.4) is 0 Å². The Morgan fingerprint density at radius 3 is 2.48 bits per heavy atom. The molecule has 1 saturated carbocycles. The van der Waals surface area contributed by atoms with Gasteiger partial charge in [-0.2, -0.15) is 27.6 Å². The topological polar surface area (TPSA) is 75.8 Å². The van der Waals surface area contributed by atoms with Crippen LogP contribution in [-0.4, -0.2) is 22.9 Å². The number of benzene rings is 1. The SMILES string of the molecule is N#Cc1cc(-c2cnn(S(=O)(=O)C3CC3)c2)cc(C(F)(F)F)c1. The molecule has 0 unspecified atom stereocenters. The van der Waals surface area contributed by atoms with Gasteiger partial charge < -0.3 is 0 Å². The summed E-state index contributed by atoms with van der Waals surface area (Å²) >= 11 is 0. The maximum absolute atomic E-state index is 12.9. The summed E-state index contributed by atoms with van der Waals surface area (Å²) in [5, 5.41) is 12.1. The van der Waals surface area contributed by atoms with Crippen molar-refractivity contribution in [3.8, 4) is 17.2 Å². The van der Waals surface area contributed by atoms with E-state index in [9.17, 15) is 21.6 Å². The molecule has 1 aromatic heterocycles. The number of halogens is 3. The lowest BCUT2D eigenvalue weighted by atomic mass is 10.0. The van der Waals surface area contributed by atoms with Gasteiger partial charge in [-0.3, -0.25) is 0 Å². The molecular weight excluding hydrogens is 331 g/mol. The molecule has 5 nitrogen and oxygen atoms in total. The van der Waals surface area contributed by atoms with Gasteiger partial charge in [0.15, 0.2) is 0 Å². The highest BCUT2D eigenvalue weighted by molar-refractivity contribution is 7.90. The van der Waals surface area contributed by atoms with Crippen LogP contribution >= 0.6 is 0 Å². The third-order valence-electron chi connectivity index (χ3n) is 3.49. The van der Waals surface area contributed by atoms with E-state index in [1.54, 1.807) is 6.07 Å². The minimum absolute atomic E-state index is 0.0913. The Morgan fingerprint density at radius 1 is 1.22 bits per heavy atom. The quantitative estimate of drug-likeness (QED) is 0.860. The maximum Gasteiger partial charge on any atom is 0.416 e. The zero-order chi connectivity index (χ0) is 16.8. The summed E-state index contributed by atoms with van der Waals surface area (Å²) in [5.41, 5.74) is -0.831. The van der Waals surface area contributed by atoms with Crippen molar-refractivity contribution in [2.45, 2.75) is 24.3 Å². The fourth-order valence-corrected chi connectivity index (χ4v) is 3.61. The minimum Gasteiger partial charge on any atom is -0.204 e. The lowest BCUT2D eigenvalue weighted by molar-refractivity contribution is -0.137. The van der Waals surface area contributed by atoms with Crippen molar-refractivity contribution in [3.05, 3.63) is 41.7 Å². The second kappa shape index (κ2) is 5.09. The molecule has 3 rings (SSSR count). The van der Waals surface area contributed by atoms with Crippen LogP contribution in [0.1, 0.15) is 24.0 Å². The van der Waals surface area contributed by atoms with Crippen molar-refractivity contribution >= 4 is 10.0 Å². The molecule has 0 aliphatic heterocycles. The van der Waals surface area contributed by atoms with Gasteiger partial charge in [0.1, 0.15) is 0 Å². The third kappa shape index (κ3) is 2.94. The summed E-state index contributed by atoms with van der Waals surface area (Å²) in [4.78, 5) is 0. The van der Waals surface area contributed by atoms with E-state index in [1.165, 1.54) is 18.5 Å². The average Bonchev–Trinajstić information content (AvgIpc) is 3.23. The van der Waals surface area contributed by atoms with Crippen LogP contribution in [0.15, 0.2) is 30.6 Å². The highest BCUT2D eigenvalue weighted by Gasteiger charge is 2.37. The molecule has 0 radical (unpaired) electrons. The van der Waals surface area contributed by atoms with Gasteiger partial charge in [-0.25, -0.2) is 8.42 Å². The van der Waals surface area contributed by atoms with E-state index in [4.69, 9.17) is 5.26 Å². The van der Waals surface area contributed by atoms with Crippen molar-refractivity contribution in [3.63, 3.8) is 0 Å². The number of hydrogen-bond acceptors (Lipinski definition) is 4. The molecule has 0 N–H and O–H groups in total. The summed E-state index contributed by atoms with van der Waals surface area (Å²) in [6.07, 6.45) is -1.14. The average molecular weight is 341 g/mol. The fraction of sp³-hybridized carbons (Fsp3) is 0.286. The van der Waals surface area contributed by atoms with Crippen LogP contribution in [-0.2, 0) is 16.2 Å². The molecule has 0 saturated heterocycles. The zero-order valence-electron chi connectivity index (χ0n) is 11.6. The Bertz CT molecular complexity index is 906. The van der Waals surface area contributed by atoms with Gasteiger partial charge in [0, 0.05) is 5.56 Å². The molecule has 1 aliphatic rings. The van der Waals surface area contributed by atoms with Crippen LogP contribution in [0.2, 0.25) is 0 Å². The molecule has 23 heavy (non-hydrogen) atoms. The second-order valence-electron chi connectivity index (χ2n) is 5.25. The van der Waals surface area contributed by atoms with E-state index < -0.39 is 27.0 Å². The first-order valence-corrected chi connectivity index (χ1v) is 8.14. The predicted molar refractivity (Wildman–Crippen MR) is 74.7 cm³/mol. The number of aromatic nitrogens is 2. The zero-order valence-corrected chi connectivity index (χ0v) is 12.4. The van der Waals surface area contributed by atoms with Crippen LogP contribution in [0.4, 0.5) is 13.2 Å². The number of rotatable bonds is 3. The van der Waals surface area contributed by atoms with Gasteiger partial charge in [-0.05, 0) is 36.6 Å². The van der Waals surface area contributed by atoms with Crippen molar-refractivity contribution in [1.29, 1.82) is 5.26 Å². The van der Waals surface area contributed by atoms with Crippen LogP contribution in [0, 0.1) is 11.3 Å². The Hall–Kier alpha value is -2.34. The summed E-state index contributed by atoms with van der Waals surface area (Å²) in [6, 6.07) is 4.55. The predicted octanol–water partition coefficient (Wildman–Crippen LogP) is 2.78. The summed E-state index contributed by atoms with van der Waals surface area (Å²) in [7, 11) is -3.59. The van der Waals surface area contributed by atoms with Gasteiger partial charge in [-0.15, -0.1) is 0 Å². The summed E-state index contributed by atoms with van der Waals surface area (Å²) in [6.45, 7) is 0. The third-order valence-corrected chi connectivity index (χ3v) is 5.52. The minimum atomic E-state index is -4.60. The van der Waals surface area contributed by atoms with Crippen molar-refractivity contribution in [1.82, 2.24) is 9.19 Å². The summed E-state index contributed by atoms with van der Waals surface area (Å²) in [5.74, 6) is 0. The van der Waals surface area contributed by atoms with E-state index in [0.717, 1.165) is 16.2 Å². The molecule has 1 heterocycles. The van der Waals surface area contributed by atoms with E-state index in [1.807, 2.05) is 0 Å². The summed E-state index contributed by atoms with van der Waals surface area (Å²) < 4.78 is 63.5. The molecule has 0 bridgehead atoms. The van der Waals surface area contributed by atoms with E-state index >= 15 is 0 Å². The highest BCUT2D eigenvalue weighted by Crippen LogP contribution is 2.34. The Labute approximate surface area is 130 Å². The molecule has 0 amide bonds. The molecule has 1 fully saturated rings. The lowest BCUT2D eigenvalue weighted by Gasteiger charge is -2.09. The van der Waals surface area contributed by atoms with E-state index in [0.29, 0.717) is 12.8 Å². The van der Waals surface area contributed by atoms with Gasteiger partial charge in [0.25, 0.3) is 10.0 Å². The van der Waals surface area contributed by atoms with Crippen LogP contribution in [0.5, 0.6) is 0 Å². The smallest absolute Gasteiger partial charge is 0.204 e. The Balaban J connectivity index is 2.06. The van der Waals surface area contributed by atoms with E-state index in [2.05, 4.69) is 5.10 Å². The molecule has 0 atom stereocenters. The first-order chi connectivity index (χ1) is 10.7. The molecule has 9 heteroatoms. The van der Waals surface area contributed by atoms with Gasteiger partial charge in [-0.1, -0.05) is 0 Å². The van der Waals surface area contributed by atoms with Gasteiger partial charge in [0.05, 0.1) is 34.8 Å². The normalized spacial score (nSPS) is 15.4. The molecule has 1 aromatic carbocycles. The lowest BCUT2D eigenvalue weighted by Crippen LogP contribution is -2.17. The largest absolute Gasteiger partial charge is 0.416 e. The number of nitriles is 1. The number of nitrogens with zero attached hydrogens (tertiary/aromatic N) is 3. The Kier molecular flexibility index (Phi) is 3.44. The van der Waals surface area contributed by atoms with Gasteiger partial charge >= 0.3 is 6.18 Å². The standard InChI is InChI=1S/C14H10F3N3O2S/c15-14(16,17)12-4-9(6-18)3-10(5-12)11-7-19-20(8-11)23(21,22)13-1-2-13/h3-5,7-8,13H,1-2H2. The fourth-order valence-electron chi connectivity index (χ4n) is 2.13. The number of alkyl halides is 3. The van der Waals surface area contributed by atoms with Gasteiger partial charge in [0.2, 0.25) is 0 Å². The maximum atomic E-state index is 12.9. The van der Waals surface area contributed by atoms with Crippen molar-refractivity contribution in [2.24, 2.45) is 0 Å². The second-order valence-corrected chi connectivity index (χ2v) is 7.33. The van der Waals surface area contributed by atoms with E-state index in [-0.39, 0.29) is 16.7 Å². The monoisotopic (exact) mass is 341 g/mol. The molecule has 2 aromatic rings. The Morgan fingerprint density at radius 2 is 1.91 bits per heavy atom. The number of hydrogen-bond donors (Lipinski definition) is 0. The van der Waals surface area contributed by atoms with Crippen molar-refractivity contribution < 1.29 is 21.6 Å². The molecule has 120 valence electrons. The molecular formula is C14H10F3N3O2S.